The molecule has 9 rings (SSSR count). The third-order valence-corrected chi connectivity index (χ3v) is 13.2. The van der Waals surface area contributed by atoms with E-state index in [0.29, 0.717) is 76.6 Å². The lowest BCUT2D eigenvalue weighted by Gasteiger charge is -2.36. The van der Waals surface area contributed by atoms with Gasteiger partial charge in [-0.3, -0.25) is 38.6 Å². The predicted molar refractivity (Wildman–Crippen MR) is 235 cm³/mol. The van der Waals surface area contributed by atoms with Gasteiger partial charge in [-0.2, -0.15) is 0 Å². The number of carbonyl (C=O) groups is 6. The molecule has 63 heavy (non-hydrogen) atoms. The molecule has 4 aliphatic rings. The second-order valence-corrected chi connectivity index (χ2v) is 17.3. The van der Waals surface area contributed by atoms with E-state index in [0.717, 1.165) is 74.7 Å². The van der Waals surface area contributed by atoms with E-state index in [1.807, 2.05) is 41.3 Å². The number of H-pyrrole nitrogens is 1. The average molecular weight is 870 g/mol. The summed E-state index contributed by atoms with van der Waals surface area (Å²) in [4.78, 5) is 97.7. The molecular formula is C48H48ClN7O7. The monoisotopic (exact) mass is 869 g/mol. The van der Waals surface area contributed by atoms with Crippen molar-refractivity contribution >= 4 is 63.4 Å². The molecule has 0 spiro atoms. The molecule has 324 valence electrons. The number of piperidine rings is 1. The predicted octanol–water partition coefficient (Wildman–Crippen LogP) is 6.69. The molecule has 15 heteroatoms. The lowest BCUT2D eigenvalue weighted by molar-refractivity contribution is -0.133. The fraction of sp³-hybridized carbons (Fsp3) is 0.375. The lowest BCUT2D eigenvalue weighted by atomic mass is 9.90. The van der Waals surface area contributed by atoms with E-state index in [-0.39, 0.29) is 47.5 Å². The number of nitrogens with zero attached hydrogens (tertiary/aromatic N) is 6. The highest BCUT2D eigenvalue weighted by Crippen LogP contribution is 2.34. The second-order valence-electron chi connectivity index (χ2n) is 16.9. The number of halogens is 1. The number of aromatic nitrogens is 3. The zero-order chi connectivity index (χ0) is 43.6. The first-order valence-electron chi connectivity index (χ1n) is 21.8. The van der Waals surface area contributed by atoms with Crippen LogP contribution >= 0.6 is 11.6 Å². The van der Waals surface area contributed by atoms with Crippen molar-refractivity contribution in [3.8, 4) is 11.5 Å². The molecule has 1 atom stereocenters. The average Bonchev–Trinajstić information content (AvgIpc) is 3.84. The quantitative estimate of drug-likeness (QED) is 0.0580. The number of rotatable bonds is 13. The summed E-state index contributed by atoms with van der Waals surface area (Å²) in [5.74, 6) is 0.000301. The van der Waals surface area contributed by atoms with Gasteiger partial charge in [-0.15, -0.1) is 0 Å². The van der Waals surface area contributed by atoms with Crippen molar-refractivity contribution in [2.45, 2.75) is 63.8 Å². The van der Waals surface area contributed by atoms with Crippen LogP contribution in [0.15, 0.2) is 79.3 Å². The number of amides is 3. The summed E-state index contributed by atoms with van der Waals surface area (Å²) in [7, 11) is 0. The fourth-order valence-corrected chi connectivity index (χ4v) is 9.65. The van der Waals surface area contributed by atoms with Gasteiger partial charge in [-0.1, -0.05) is 29.8 Å². The molecule has 3 aromatic carbocycles. The number of ether oxygens (including phenoxy) is 1. The Hall–Kier alpha value is -6.25. The van der Waals surface area contributed by atoms with Crippen LogP contribution in [0.3, 0.4) is 0 Å². The number of hydrogen-bond donors (Lipinski definition) is 1. The first-order chi connectivity index (χ1) is 30.6. The molecule has 1 unspecified atom stereocenters. The number of Topliss-reactive ketones (excluding diaryl/α,β-unsaturated/α-hetero) is 2. The van der Waals surface area contributed by atoms with E-state index < -0.39 is 17.9 Å². The number of carbonyl (C=O) groups excluding carboxylic acids is 6. The van der Waals surface area contributed by atoms with Crippen molar-refractivity contribution < 1.29 is 33.5 Å². The number of ketones is 3. The Labute approximate surface area is 369 Å². The molecule has 0 bridgehead atoms. The summed E-state index contributed by atoms with van der Waals surface area (Å²) in [5, 5.41) is 0.984. The summed E-state index contributed by atoms with van der Waals surface area (Å²) in [5.41, 5.74) is 3.70. The van der Waals surface area contributed by atoms with E-state index >= 15 is 0 Å². The third-order valence-electron chi connectivity index (χ3n) is 12.9. The number of imide groups is 1. The smallest absolute Gasteiger partial charge is 0.262 e. The molecule has 3 amide bonds. The first kappa shape index (κ1) is 42.1. The van der Waals surface area contributed by atoms with E-state index in [2.05, 4.69) is 24.8 Å². The van der Waals surface area contributed by atoms with Gasteiger partial charge in [0.1, 0.15) is 29.3 Å². The Morgan fingerprint density at radius 2 is 1.57 bits per heavy atom. The summed E-state index contributed by atoms with van der Waals surface area (Å²) >= 11 is 6.63. The highest BCUT2D eigenvalue weighted by Gasteiger charge is 2.44. The highest BCUT2D eigenvalue weighted by molar-refractivity contribution is 6.35. The third kappa shape index (κ3) is 8.87. The summed E-state index contributed by atoms with van der Waals surface area (Å²) in [6.07, 6.45) is 7.93. The molecule has 2 saturated heterocycles. The van der Waals surface area contributed by atoms with E-state index in [1.54, 1.807) is 36.5 Å². The largest absolute Gasteiger partial charge is 0.457 e. The zero-order valence-electron chi connectivity index (χ0n) is 34.9. The van der Waals surface area contributed by atoms with Crippen LogP contribution in [-0.2, 0) is 20.8 Å². The molecule has 3 fully saturated rings. The van der Waals surface area contributed by atoms with Crippen LogP contribution in [0.4, 0.5) is 5.69 Å². The van der Waals surface area contributed by atoms with Gasteiger partial charge in [0.15, 0.2) is 11.6 Å². The van der Waals surface area contributed by atoms with Crippen molar-refractivity contribution in [2.24, 2.45) is 5.92 Å². The number of para-hydroxylation sites is 1. The summed E-state index contributed by atoms with van der Waals surface area (Å²) in [6.45, 7) is 5.46. The molecule has 5 aromatic rings. The zero-order valence-corrected chi connectivity index (χ0v) is 35.6. The number of likely N-dealkylation sites (tertiary alicyclic amines) is 1. The van der Waals surface area contributed by atoms with Gasteiger partial charge in [0.2, 0.25) is 5.91 Å². The van der Waals surface area contributed by atoms with E-state index in [1.165, 1.54) is 6.33 Å². The molecule has 0 radical (unpaired) electrons. The van der Waals surface area contributed by atoms with Crippen LogP contribution in [0.2, 0.25) is 5.02 Å². The maximum absolute atomic E-state index is 13.9. The summed E-state index contributed by atoms with van der Waals surface area (Å²) < 4.78 is 5.90. The Balaban J connectivity index is 0.714. The molecule has 1 N–H and O–H groups in total. The number of nitrogens with one attached hydrogen (secondary N) is 1. The maximum atomic E-state index is 13.9. The van der Waals surface area contributed by atoms with Crippen LogP contribution in [-0.4, -0.2) is 117 Å². The van der Waals surface area contributed by atoms with Crippen LogP contribution < -0.4 is 9.64 Å². The molecule has 2 aromatic heterocycles. The van der Waals surface area contributed by atoms with Crippen molar-refractivity contribution in [1.82, 2.24) is 29.7 Å². The number of fused-ring (bicyclic) bond motifs is 2. The van der Waals surface area contributed by atoms with Crippen LogP contribution in [0.25, 0.3) is 11.0 Å². The molecule has 1 saturated carbocycles. The van der Waals surface area contributed by atoms with Gasteiger partial charge in [-0.05, 0) is 93.5 Å². The van der Waals surface area contributed by atoms with Gasteiger partial charge in [0.05, 0.1) is 45.3 Å². The molecule has 3 aliphatic heterocycles. The summed E-state index contributed by atoms with van der Waals surface area (Å²) in [6, 6.07) is 18.8. The van der Waals surface area contributed by atoms with Crippen LogP contribution in [0, 0.1) is 5.92 Å². The highest BCUT2D eigenvalue weighted by atomic mass is 35.5. The van der Waals surface area contributed by atoms with E-state index in [4.69, 9.17) is 16.3 Å². The Kier molecular flexibility index (Phi) is 12.2. The number of aromatic amines is 1. The Morgan fingerprint density at radius 1 is 0.794 bits per heavy atom. The van der Waals surface area contributed by atoms with Crippen LogP contribution in [0.1, 0.15) is 93.7 Å². The number of hydrogen-bond acceptors (Lipinski definition) is 11. The van der Waals surface area contributed by atoms with Gasteiger partial charge < -0.3 is 19.5 Å². The minimum atomic E-state index is -0.878. The van der Waals surface area contributed by atoms with E-state index in [9.17, 15) is 28.8 Å². The Morgan fingerprint density at radius 3 is 2.33 bits per heavy atom. The van der Waals surface area contributed by atoms with Crippen molar-refractivity contribution in [2.75, 3.05) is 50.7 Å². The topological polar surface area (TPSA) is 166 Å². The van der Waals surface area contributed by atoms with Crippen LogP contribution in [0.5, 0.6) is 11.5 Å². The lowest BCUT2D eigenvalue weighted by Crippen LogP contribution is -2.47. The SMILES string of the molecule is O=C1CCC(N2C(=O)c3ccc(N4CCN(CCCCC(=O)N5CCC(Cc6ncnc7[nH]cc(C(=O)c8ccc(Oc9ccccc9)cc8Cl)c67)CC5)CC4)cc3C2=O)C(=O)C1. The molecule has 5 heterocycles. The van der Waals surface area contributed by atoms with Gasteiger partial charge >= 0.3 is 0 Å². The number of benzene rings is 3. The molecule has 14 nitrogen and oxygen atoms in total. The van der Waals surface area contributed by atoms with Crippen molar-refractivity contribution in [3.63, 3.8) is 0 Å². The minimum absolute atomic E-state index is 0.153. The maximum Gasteiger partial charge on any atom is 0.262 e. The molecule has 1 aliphatic carbocycles. The Bertz CT molecular complexity index is 2600. The standard InChI is InChI=1S/C48H48ClN7O7/c49-39-27-34(63-33-6-2-1-3-7-33)11-13-36(39)45(60)38-28-50-46-44(38)40(51-29-52-46)24-30-15-18-55(19-16-30)43(59)8-4-5-17-53-20-22-54(23-21-53)31-9-12-35-37(25-31)48(62)56(47(35)61)41-14-10-32(57)26-42(41)58/h1-3,6-7,9,11-13,25,27-30,41H,4-5,8,10,14-24,26H2,(H,50,51,52). The molecular weight excluding hydrogens is 822 g/mol. The number of piperazine rings is 1. The minimum Gasteiger partial charge on any atom is -0.457 e. The normalized spacial score (nSPS) is 18.7. The first-order valence-corrected chi connectivity index (χ1v) is 22.2. The van der Waals surface area contributed by atoms with Crippen molar-refractivity contribution in [1.29, 1.82) is 0 Å². The number of unbranched alkanes of at least 4 members (excludes halogenated alkanes) is 1. The fourth-order valence-electron chi connectivity index (χ4n) is 9.39. The number of anilines is 1. The second kappa shape index (κ2) is 18.2. The van der Waals surface area contributed by atoms with Crippen molar-refractivity contribution in [3.05, 3.63) is 112 Å². The van der Waals surface area contributed by atoms with Gasteiger partial charge in [0, 0.05) is 75.6 Å². The van der Waals surface area contributed by atoms with Gasteiger partial charge in [0.25, 0.3) is 11.8 Å². The van der Waals surface area contributed by atoms with Gasteiger partial charge in [-0.25, -0.2) is 9.97 Å².